The minimum absolute atomic E-state index is 0.289. The molecule has 114 valence electrons. The maximum absolute atomic E-state index is 11.2. The highest BCUT2D eigenvalue weighted by molar-refractivity contribution is 5.81. The van der Waals surface area contributed by atoms with Crippen LogP contribution in [-0.2, 0) is 9.53 Å². The molecule has 0 saturated heterocycles. The quantitative estimate of drug-likeness (QED) is 0.446. The van der Waals surface area contributed by atoms with Crippen LogP contribution in [0.25, 0.3) is 0 Å². The van der Waals surface area contributed by atoms with Crippen molar-refractivity contribution >= 4 is 17.3 Å². The zero-order valence-electron chi connectivity index (χ0n) is 12.7. The van der Waals surface area contributed by atoms with Gasteiger partial charge in [0, 0.05) is 13.1 Å². The summed E-state index contributed by atoms with van der Waals surface area (Å²) in [5.41, 5.74) is 2.09. The number of para-hydroxylation sites is 2. The molecule has 0 aromatic heterocycles. The van der Waals surface area contributed by atoms with Crippen molar-refractivity contribution in [3.63, 3.8) is 0 Å². The molecule has 0 spiro atoms. The number of esters is 1. The molecule has 0 bridgehead atoms. The highest BCUT2D eigenvalue weighted by atomic mass is 16.5. The molecule has 4 nitrogen and oxygen atoms in total. The maximum Gasteiger partial charge on any atom is 0.330 e. The molecule has 2 aromatic carbocycles. The summed E-state index contributed by atoms with van der Waals surface area (Å²) in [5, 5.41) is 4.10. The van der Waals surface area contributed by atoms with Gasteiger partial charge in [-0.3, -0.25) is 10.0 Å². The molecule has 22 heavy (non-hydrogen) atoms. The summed E-state index contributed by atoms with van der Waals surface area (Å²) in [6.45, 7) is 4.24. The predicted molar refractivity (Wildman–Crippen MR) is 89.8 cm³/mol. The van der Waals surface area contributed by atoms with Gasteiger partial charge in [0.2, 0.25) is 0 Å². The summed E-state index contributed by atoms with van der Waals surface area (Å²) < 4.78 is 5.10. The number of nitrogens with zero attached hydrogens (tertiary/aromatic N) is 2. The van der Waals surface area contributed by atoms with Crippen molar-refractivity contribution < 1.29 is 9.53 Å². The van der Waals surface area contributed by atoms with Gasteiger partial charge in [0.1, 0.15) is 6.61 Å². The summed E-state index contributed by atoms with van der Waals surface area (Å²) in [7, 11) is 1.98. The molecule has 0 aliphatic carbocycles. The lowest BCUT2D eigenvalue weighted by molar-refractivity contribution is -0.137. The Morgan fingerprint density at radius 2 is 1.59 bits per heavy atom. The monoisotopic (exact) mass is 296 g/mol. The molecule has 0 saturated carbocycles. The van der Waals surface area contributed by atoms with Gasteiger partial charge in [-0.1, -0.05) is 43.0 Å². The molecular weight excluding hydrogens is 276 g/mol. The largest absolute Gasteiger partial charge is 0.461 e. The lowest BCUT2D eigenvalue weighted by atomic mass is 10.3. The number of ether oxygens (including phenoxy) is 1. The van der Waals surface area contributed by atoms with Crippen LogP contribution in [0.5, 0.6) is 0 Å². The SMILES string of the molecule is C=CC(=O)OCCN(c1ccccc1)N(C)c1ccccc1. The Labute approximate surface area is 131 Å². The first-order valence-electron chi connectivity index (χ1n) is 7.13. The summed E-state index contributed by atoms with van der Waals surface area (Å²) in [6, 6.07) is 20.0. The van der Waals surface area contributed by atoms with Crippen LogP contribution in [0.2, 0.25) is 0 Å². The second kappa shape index (κ2) is 7.88. The fraction of sp³-hybridized carbons (Fsp3) is 0.167. The van der Waals surface area contributed by atoms with E-state index in [1.54, 1.807) is 0 Å². The van der Waals surface area contributed by atoms with E-state index in [1.807, 2.05) is 72.7 Å². The predicted octanol–water partition coefficient (Wildman–Crippen LogP) is 3.27. The Kier molecular flexibility index (Phi) is 5.60. The topological polar surface area (TPSA) is 32.8 Å². The normalized spacial score (nSPS) is 9.86. The third-order valence-electron chi connectivity index (χ3n) is 3.26. The zero-order chi connectivity index (χ0) is 15.8. The van der Waals surface area contributed by atoms with E-state index >= 15 is 0 Å². The average Bonchev–Trinajstić information content (AvgIpc) is 2.59. The standard InChI is InChI=1S/C18H20N2O2/c1-3-18(21)22-15-14-20(17-12-8-5-9-13-17)19(2)16-10-6-4-7-11-16/h3-13H,1,14-15H2,2H3. The van der Waals surface area contributed by atoms with Crippen LogP contribution in [0.4, 0.5) is 11.4 Å². The highest BCUT2D eigenvalue weighted by Crippen LogP contribution is 2.20. The number of carbonyl (C=O) groups excluding carboxylic acids is 1. The van der Waals surface area contributed by atoms with Crippen molar-refractivity contribution in [2.45, 2.75) is 0 Å². The Morgan fingerprint density at radius 1 is 1.05 bits per heavy atom. The van der Waals surface area contributed by atoms with E-state index < -0.39 is 5.97 Å². The fourth-order valence-electron chi connectivity index (χ4n) is 2.13. The van der Waals surface area contributed by atoms with Crippen LogP contribution in [0.15, 0.2) is 73.3 Å². The van der Waals surface area contributed by atoms with Crippen molar-refractivity contribution in [2.75, 3.05) is 30.2 Å². The molecule has 0 N–H and O–H groups in total. The molecular formula is C18H20N2O2. The van der Waals surface area contributed by atoms with Gasteiger partial charge in [-0.05, 0) is 24.3 Å². The van der Waals surface area contributed by atoms with Gasteiger partial charge >= 0.3 is 5.97 Å². The van der Waals surface area contributed by atoms with Crippen LogP contribution < -0.4 is 10.0 Å². The molecule has 4 heteroatoms. The zero-order valence-corrected chi connectivity index (χ0v) is 12.7. The number of rotatable bonds is 7. The van der Waals surface area contributed by atoms with E-state index in [2.05, 4.69) is 11.6 Å². The average molecular weight is 296 g/mol. The highest BCUT2D eigenvalue weighted by Gasteiger charge is 2.13. The van der Waals surface area contributed by atoms with Crippen molar-refractivity contribution in [1.82, 2.24) is 0 Å². The van der Waals surface area contributed by atoms with E-state index in [-0.39, 0.29) is 6.61 Å². The summed E-state index contributed by atoms with van der Waals surface area (Å²) in [5.74, 6) is -0.407. The smallest absolute Gasteiger partial charge is 0.330 e. The molecule has 0 atom stereocenters. The van der Waals surface area contributed by atoms with Crippen molar-refractivity contribution in [3.8, 4) is 0 Å². The number of hydrogen-bond acceptors (Lipinski definition) is 4. The van der Waals surface area contributed by atoms with E-state index in [4.69, 9.17) is 4.74 Å². The van der Waals surface area contributed by atoms with Gasteiger partial charge in [0.25, 0.3) is 0 Å². The third kappa shape index (κ3) is 4.12. The van der Waals surface area contributed by atoms with Gasteiger partial charge < -0.3 is 4.74 Å². The van der Waals surface area contributed by atoms with E-state index in [0.717, 1.165) is 11.4 Å². The van der Waals surface area contributed by atoms with Gasteiger partial charge in [0.05, 0.1) is 17.9 Å². The van der Waals surface area contributed by atoms with Crippen LogP contribution in [0, 0.1) is 0 Å². The first-order chi connectivity index (χ1) is 10.7. The van der Waals surface area contributed by atoms with E-state index in [1.165, 1.54) is 6.08 Å². The number of carbonyl (C=O) groups is 1. The minimum Gasteiger partial charge on any atom is -0.461 e. The molecule has 0 heterocycles. The third-order valence-corrected chi connectivity index (χ3v) is 3.26. The van der Waals surface area contributed by atoms with E-state index in [0.29, 0.717) is 6.54 Å². The van der Waals surface area contributed by atoms with Crippen LogP contribution >= 0.6 is 0 Å². The number of anilines is 2. The number of benzene rings is 2. The number of hydrogen-bond donors (Lipinski definition) is 0. The Hall–Kier alpha value is -2.75. The Balaban J connectivity index is 2.14. The maximum atomic E-state index is 11.2. The molecule has 0 aliphatic rings. The second-order valence-electron chi connectivity index (χ2n) is 4.69. The van der Waals surface area contributed by atoms with Crippen molar-refractivity contribution in [1.29, 1.82) is 0 Å². The van der Waals surface area contributed by atoms with Crippen molar-refractivity contribution in [2.24, 2.45) is 0 Å². The van der Waals surface area contributed by atoms with Crippen LogP contribution in [0.1, 0.15) is 0 Å². The summed E-state index contributed by atoms with van der Waals surface area (Å²) >= 11 is 0. The van der Waals surface area contributed by atoms with E-state index in [9.17, 15) is 4.79 Å². The molecule has 0 radical (unpaired) electrons. The molecule has 0 unspecified atom stereocenters. The molecule has 0 aliphatic heterocycles. The Bertz CT molecular complexity index is 599. The van der Waals surface area contributed by atoms with Gasteiger partial charge in [-0.2, -0.15) is 0 Å². The lowest BCUT2D eigenvalue weighted by Crippen LogP contribution is -2.42. The van der Waals surface area contributed by atoms with Crippen LogP contribution in [0.3, 0.4) is 0 Å². The fourth-order valence-corrected chi connectivity index (χ4v) is 2.13. The summed E-state index contributed by atoms with van der Waals surface area (Å²) in [4.78, 5) is 11.2. The second-order valence-corrected chi connectivity index (χ2v) is 4.69. The van der Waals surface area contributed by atoms with Crippen molar-refractivity contribution in [3.05, 3.63) is 73.3 Å². The molecule has 0 amide bonds. The van der Waals surface area contributed by atoms with Gasteiger partial charge in [-0.25, -0.2) is 4.79 Å². The first-order valence-corrected chi connectivity index (χ1v) is 7.13. The molecule has 2 aromatic rings. The van der Waals surface area contributed by atoms with Gasteiger partial charge in [0.15, 0.2) is 0 Å². The first kappa shape index (κ1) is 15.6. The van der Waals surface area contributed by atoms with Crippen LogP contribution in [-0.4, -0.2) is 26.2 Å². The van der Waals surface area contributed by atoms with Gasteiger partial charge in [-0.15, -0.1) is 0 Å². The molecule has 0 fully saturated rings. The minimum atomic E-state index is -0.407. The lowest BCUT2D eigenvalue weighted by Gasteiger charge is -2.35. The number of hydrazine groups is 1. The molecule has 2 rings (SSSR count). The summed E-state index contributed by atoms with van der Waals surface area (Å²) in [6.07, 6.45) is 1.17. The Morgan fingerprint density at radius 3 is 2.14 bits per heavy atom.